The molecule has 4 aromatic rings. The van der Waals surface area contributed by atoms with Gasteiger partial charge in [-0.05, 0) is 50.6 Å². The van der Waals surface area contributed by atoms with Crippen LogP contribution in [-0.2, 0) is 0 Å². The lowest BCUT2D eigenvalue weighted by Gasteiger charge is -2.18. The van der Waals surface area contributed by atoms with E-state index >= 15 is 0 Å². The zero-order chi connectivity index (χ0) is 24.4. The summed E-state index contributed by atoms with van der Waals surface area (Å²) in [5, 5.41) is 11.0. The highest BCUT2D eigenvalue weighted by molar-refractivity contribution is 6.33. The summed E-state index contributed by atoms with van der Waals surface area (Å²) in [7, 11) is 0. The first-order chi connectivity index (χ1) is 16.3. The van der Waals surface area contributed by atoms with Crippen molar-refractivity contribution in [3.8, 4) is 11.5 Å². The largest absolute Gasteiger partial charge is 0.490 e. The Morgan fingerprint density at radius 3 is 2.03 bits per heavy atom. The molecule has 4 N–H and O–H groups in total. The number of esters is 1. The summed E-state index contributed by atoms with van der Waals surface area (Å²) in [6.07, 6.45) is 0. The Kier molecular flexibility index (Phi) is 7.93. The number of aryl methyl sites for hydroxylation is 2. The van der Waals surface area contributed by atoms with E-state index < -0.39 is 11.9 Å². The molecule has 9 nitrogen and oxygen atoms in total. The van der Waals surface area contributed by atoms with Crippen LogP contribution in [0.3, 0.4) is 0 Å². The number of aromatic nitrogens is 4. The topological polar surface area (TPSA) is 133 Å². The number of hydrogen-bond donors (Lipinski definition) is 4. The van der Waals surface area contributed by atoms with Crippen molar-refractivity contribution in [2.24, 2.45) is 0 Å². The van der Waals surface area contributed by atoms with Gasteiger partial charge in [0.1, 0.15) is 0 Å². The molecular weight excluding hydrogens is 495 g/mol. The SMILES string of the molecule is CCOc1cc(C(c2c(C)[nH][nH]c2=O)c2c(C)[nH][nH]c2=O)ccc1OC(=O)c1ccccc1Cl.Cl. The summed E-state index contributed by atoms with van der Waals surface area (Å²) in [4.78, 5) is 38.0. The minimum atomic E-state index is -0.697. The van der Waals surface area contributed by atoms with Crippen LogP contribution in [0.1, 0.15) is 51.3 Å². The highest BCUT2D eigenvalue weighted by Crippen LogP contribution is 2.37. The van der Waals surface area contributed by atoms with E-state index in [2.05, 4.69) is 20.4 Å². The molecule has 0 aliphatic carbocycles. The molecule has 0 aliphatic rings. The van der Waals surface area contributed by atoms with Gasteiger partial charge in [-0.2, -0.15) is 0 Å². The Hall–Kier alpha value is -3.69. The molecule has 0 amide bonds. The highest BCUT2D eigenvalue weighted by Gasteiger charge is 2.29. The van der Waals surface area contributed by atoms with Gasteiger partial charge >= 0.3 is 5.97 Å². The first kappa shape index (κ1) is 25.9. The van der Waals surface area contributed by atoms with Crippen molar-refractivity contribution >= 4 is 30.0 Å². The lowest BCUT2D eigenvalue weighted by Crippen LogP contribution is -2.20. The van der Waals surface area contributed by atoms with Crippen molar-refractivity contribution in [1.82, 2.24) is 20.4 Å². The van der Waals surface area contributed by atoms with Gasteiger partial charge in [-0.15, -0.1) is 12.4 Å². The summed E-state index contributed by atoms with van der Waals surface area (Å²) < 4.78 is 11.3. The zero-order valence-corrected chi connectivity index (χ0v) is 20.7. The first-order valence-electron chi connectivity index (χ1n) is 10.6. The summed E-state index contributed by atoms with van der Waals surface area (Å²) in [5.74, 6) is -0.850. The van der Waals surface area contributed by atoms with Crippen LogP contribution in [-0.4, -0.2) is 33.0 Å². The summed E-state index contributed by atoms with van der Waals surface area (Å²) in [6, 6.07) is 11.5. The van der Waals surface area contributed by atoms with Crippen molar-refractivity contribution < 1.29 is 14.3 Å². The number of benzene rings is 2. The molecule has 0 saturated heterocycles. The quantitative estimate of drug-likeness (QED) is 0.215. The van der Waals surface area contributed by atoms with Gasteiger partial charge in [0.05, 0.1) is 28.3 Å². The molecule has 0 bridgehead atoms. The van der Waals surface area contributed by atoms with E-state index in [0.717, 1.165) is 0 Å². The van der Waals surface area contributed by atoms with E-state index in [-0.39, 0.29) is 39.9 Å². The van der Waals surface area contributed by atoms with E-state index in [4.69, 9.17) is 21.1 Å². The van der Waals surface area contributed by atoms with E-state index in [9.17, 15) is 14.4 Å². The van der Waals surface area contributed by atoms with E-state index in [1.807, 2.05) is 0 Å². The molecule has 0 spiro atoms. The number of hydrogen-bond acceptors (Lipinski definition) is 5. The predicted octanol–water partition coefficient (Wildman–Crippen LogP) is 4.21. The fraction of sp³-hybridized carbons (Fsp3) is 0.208. The monoisotopic (exact) mass is 518 g/mol. The molecule has 0 radical (unpaired) electrons. The predicted molar refractivity (Wildman–Crippen MR) is 135 cm³/mol. The third-order valence-electron chi connectivity index (χ3n) is 5.50. The average molecular weight is 519 g/mol. The van der Waals surface area contributed by atoms with Crippen molar-refractivity contribution in [2.75, 3.05) is 6.61 Å². The summed E-state index contributed by atoms with van der Waals surface area (Å²) in [6.45, 7) is 5.60. The minimum absolute atomic E-state index is 0. The maximum Gasteiger partial charge on any atom is 0.345 e. The molecule has 2 heterocycles. The average Bonchev–Trinajstić information content (AvgIpc) is 3.32. The van der Waals surface area contributed by atoms with Crippen LogP contribution < -0.4 is 20.6 Å². The van der Waals surface area contributed by atoms with E-state index in [1.165, 1.54) is 0 Å². The number of H-pyrrole nitrogens is 4. The summed E-state index contributed by atoms with van der Waals surface area (Å²) in [5.41, 5.74) is 2.15. The third kappa shape index (κ3) is 5.06. The molecule has 11 heteroatoms. The Morgan fingerprint density at radius 1 is 0.914 bits per heavy atom. The van der Waals surface area contributed by atoms with Gasteiger partial charge in [-0.1, -0.05) is 29.8 Å². The van der Waals surface area contributed by atoms with Gasteiger partial charge in [0.25, 0.3) is 11.1 Å². The Bertz CT molecular complexity index is 1410. The fourth-order valence-corrected chi connectivity index (χ4v) is 4.14. The lowest BCUT2D eigenvalue weighted by molar-refractivity contribution is 0.0728. The molecule has 0 saturated carbocycles. The number of halogens is 2. The van der Waals surface area contributed by atoms with Gasteiger partial charge in [0.2, 0.25) is 0 Å². The number of ether oxygens (including phenoxy) is 2. The van der Waals surface area contributed by atoms with Crippen LogP contribution in [0.5, 0.6) is 11.5 Å². The van der Waals surface area contributed by atoms with Crippen LogP contribution in [0.2, 0.25) is 5.02 Å². The van der Waals surface area contributed by atoms with Gasteiger partial charge in [-0.3, -0.25) is 19.8 Å². The number of carbonyl (C=O) groups excluding carboxylic acids is 1. The van der Waals surface area contributed by atoms with Crippen LogP contribution in [0.4, 0.5) is 0 Å². The van der Waals surface area contributed by atoms with E-state index in [1.54, 1.807) is 63.2 Å². The van der Waals surface area contributed by atoms with Gasteiger partial charge in [0, 0.05) is 17.3 Å². The van der Waals surface area contributed by atoms with Crippen LogP contribution >= 0.6 is 24.0 Å². The van der Waals surface area contributed by atoms with Crippen molar-refractivity contribution in [3.05, 3.63) is 102 Å². The van der Waals surface area contributed by atoms with Crippen molar-refractivity contribution in [3.63, 3.8) is 0 Å². The first-order valence-corrected chi connectivity index (χ1v) is 11.0. The smallest absolute Gasteiger partial charge is 0.345 e. The van der Waals surface area contributed by atoms with E-state index in [0.29, 0.717) is 40.4 Å². The molecule has 0 unspecified atom stereocenters. The second kappa shape index (κ2) is 10.7. The number of nitrogens with one attached hydrogen (secondary N) is 4. The number of aromatic amines is 4. The number of carbonyl (C=O) groups is 1. The lowest BCUT2D eigenvalue weighted by atomic mass is 9.85. The zero-order valence-electron chi connectivity index (χ0n) is 19.2. The normalized spacial score (nSPS) is 10.8. The van der Waals surface area contributed by atoms with Crippen molar-refractivity contribution in [1.29, 1.82) is 0 Å². The maximum atomic E-state index is 12.7. The molecule has 184 valence electrons. The second-order valence-corrected chi connectivity index (χ2v) is 8.08. The Balaban J connectivity index is 0.00000342. The van der Waals surface area contributed by atoms with Gasteiger partial charge in [-0.25, -0.2) is 4.79 Å². The third-order valence-corrected chi connectivity index (χ3v) is 5.83. The Morgan fingerprint density at radius 2 is 1.51 bits per heavy atom. The fourth-order valence-electron chi connectivity index (χ4n) is 3.92. The highest BCUT2D eigenvalue weighted by atomic mass is 35.5. The molecule has 2 aromatic heterocycles. The molecule has 0 atom stereocenters. The molecular formula is C24H24Cl2N4O5. The Labute approximate surface area is 211 Å². The maximum absolute atomic E-state index is 12.7. The second-order valence-electron chi connectivity index (χ2n) is 7.68. The van der Waals surface area contributed by atoms with Gasteiger partial charge < -0.3 is 19.7 Å². The minimum Gasteiger partial charge on any atom is -0.490 e. The standard InChI is InChI=1S/C24H23ClN4O5.ClH/c1-4-33-18-11-14(9-10-17(18)34-24(32)15-7-5-6-8-16(15)25)21(19-12(2)26-28-22(19)30)20-13(3)27-29-23(20)31;/h5-11,21H,4H2,1-3H3,(H2,26,28,30)(H2,27,29,31);1H. The molecule has 4 rings (SSSR count). The van der Waals surface area contributed by atoms with Crippen LogP contribution in [0.25, 0.3) is 0 Å². The molecule has 35 heavy (non-hydrogen) atoms. The summed E-state index contributed by atoms with van der Waals surface area (Å²) >= 11 is 6.12. The van der Waals surface area contributed by atoms with Crippen LogP contribution in [0.15, 0.2) is 52.1 Å². The van der Waals surface area contributed by atoms with Crippen LogP contribution in [0, 0.1) is 13.8 Å². The number of rotatable bonds is 7. The molecule has 0 aliphatic heterocycles. The van der Waals surface area contributed by atoms with Gasteiger partial charge in [0.15, 0.2) is 11.5 Å². The molecule has 0 fully saturated rings. The van der Waals surface area contributed by atoms with Crippen molar-refractivity contribution in [2.45, 2.75) is 26.7 Å². The molecule has 2 aromatic carbocycles.